The first-order valence-electron chi connectivity index (χ1n) is 7.04. The Bertz CT molecular complexity index is 506. The highest BCUT2D eigenvalue weighted by Crippen LogP contribution is 2.32. The Balaban J connectivity index is 1.69. The second-order valence-corrected chi connectivity index (χ2v) is 5.66. The summed E-state index contributed by atoms with van der Waals surface area (Å²) in [5.74, 6) is 2.24. The Morgan fingerprint density at radius 2 is 2.05 bits per heavy atom. The molecule has 5 heteroatoms. The third-order valence-corrected chi connectivity index (χ3v) is 4.45. The SMILES string of the molecule is O=C(NC1CCCCC1CCl)c1ccc2c(c1)OCO2. The molecule has 1 aromatic carbocycles. The van der Waals surface area contributed by atoms with Gasteiger partial charge in [-0.2, -0.15) is 0 Å². The molecule has 0 saturated heterocycles. The Labute approximate surface area is 123 Å². The van der Waals surface area contributed by atoms with Crippen LogP contribution in [0.2, 0.25) is 0 Å². The lowest BCUT2D eigenvalue weighted by Crippen LogP contribution is -2.42. The quantitative estimate of drug-likeness (QED) is 0.872. The van der Waals surface area contributed by atoms with E-state index in [9.17, 15) is 4.79 Å². The molecule has 2 unspecified atom stereocenters. The van der Waals surface area contributed by atoms with E-state index in [1.807, 2.05) is 0 Å². The lowest BCUT2D eigenvalue weighted by molar-refractivity contribution is 0.0910. The van der Waals surface area contributed by atoms with E-state index in [2.05, 4.69) is 5.32 Å². The maximum atomic E-state index is 12.3. The van der Waals surface area contributed by atoms with Gasteiger partial charge in [-0.1, -0.05) is 12.8 Å². The average Bonchev–Trinajstić information content (AvgIpc) is 2.95. The van der Waals surface area contributed by atoms with Crippen molar-refractivity contribution in [3.63, 3.8) is 0 Å². The number of rotatable bonds is 3. The lowest BCUT2D eigenvalue weighted by Gasteiger charge is -2.30. The molecule has 4 nitrogen and oxygen atoms in total. The highest BCUT2D eigenvalue weighted by molar-refractivity contribution is 6.18. The van der Waals surface area contributed by atoms with Crippen LogP contribution in [-0.4, -0.2) is 24.6 Å². The number of halogens is 1. The van der Waals surface area contributed by atoms with E-state index >= 15 is 0 Å². The Morgan fingerprint density at radius 1 is 1.25 bits per heavy atom. The summed E-state index contributed by atoms with van der Waals surface area (Å²) in [5, 5.41) is 3.11. The van der Waals surface area contributed by atoms with Crippen molar-refractivity contribution in [1.82, 2.24) is 5.32 Å². The summed E-state index contributed by atoms with van der Waals surface area (Å²) in [4.78, 5) is 12.3. The predicted molar refractivity (Wildman–Crippen MR) is 76.5 cm³/mol. The van der Waals surface area contributed by atoms with Crippen LogP contribution >= 0.6 is 11.6 Å². The van der Waals surface area contributed by atoms with E-state index in [-0.39, 0.29) is 18.7 Å². The molecule has 0 radical (unpaired) electrons. The topological polar surface area (TPSA) is 47.6 Å². The van der Waals surface area contributed by atoms with E-state index in [1.165, 1.54) is 6.42 Å². The van der Waals surface area contributed by atoms with Crippen molar-refractivity contribution in [3.8, 4) is 11.5 Å². The molecule has 1 N–H and O–H groups in total. The summed E-state index contributed by atoms with van der Waals surface area (Å²) in [5.41, 5.74) is 0.605. The summed E-state index contributed by atoms with van der Waals surface area (Å²) in [6.45, 7) is 0.220. The van der Waals surface area contributed by atoms with Gasteiger partial charge in [0, 0.05) is 17.5 Å². The van der Waals surface area contributed by atoms with Gasteiger partial charge < -0.3 is 14.8 Å². The molecule has 0 aromatic heterocycles. The zero-order chi connectivity index (χ0) is 13.9. The first-order valence-corrected chi connectivity index (χ1v) is 7.58. The fourth-order valence-electron chi connectivity index (χ4n) is 2.87. The molecule has 1 amide bonds. The number of nitrogens with one attached hydrogen (secondary N) is 1. The van der Waals surface area contributed by atoms with Gasteiger partial charge in [-0.3, -0.25) is 4.79 Å². The van der Waals surface area contributed by atoms with Crippen LogP contribution in [0.1, 0.15) is 36.0 Å². The van der Waals surface area contributed by atoms with E-state index in [0.29, 0.717) is 28.9 Å². The smallest absolute Gasteiger partial charge is 0.251 e. The third kappa shape index (κ3) is 2.70. The standard InChI is InChI=1S/C15H18ClNO3/c16-8-11-3-1-2-4-12(11)17-15(18)10-5-6-13-14(7-10)20-9-19-13/h5-7,11-12H,1-4,8-9H2,(H,17,18). The highest BCUT2D eigenvalue weighted by atomic mass is 35.5. The van der Waals surface area contributed by atoms with Gasteiger partial charge in [0.15, 0.2) is 11.5 Å². The highest BCUT2D eigenvalue weighted by Gasteiger charge is 2.26. The summed E-state index contributed by atoms with van der Waals surface area (Å²) in [6, 6.07) is 5.45. The van der Waals surface area contributed by atoms with Crippen LogP contribution < -0.4 is 14.8 Å². The van der Waals surface area contributed by atoms with Crippen LogP contribution in [-0.2, 0) is 0 Å². The molecule has 108 valence electrons. The summed E-state index contributed by atoms with van der Waals surface area (Å²) >= 11 is 5.99. The number of hydrogen-bond donors (Lipinski definition) is 1. The van der Waals surface area contributed by atoms with Crippen LogP contribution in [0.15, 0.2) is 18.2 Å². The molecule has 1 aliphatic carbocycles. The molecular weight excluding hydrogens is 278 g/mol. The van der Waals surface area contributed by atoms with E-state index in [4.69, 9.17) is 21.1 Å². The predicted octanol–water partition coefficient (Wildman–Crippen LogP) is 2.94. The molecule has 1 aliphatic heterocycles. The van der Waals surface area contributed by atoms with Crippen molar-refractivity contribution in [1.29, 1.82) is 0 Å². The number of alkyl halides is 1. The number of carbonyl (C=O) groups is 1. The van der Waals surface area contributed by atoms with Crippen molar-refractivity contribution in [2.75, 3.05) is 12.7 Å². The normalized spacial score (nSPS) is 24.4. The maximum Gasteiger partial charge on any atom is 0.251 e. The molecule has 1 saturated carbocycles. The second-order valence-electron chi connectivity index (χ2n) is 5.35. The Morgan fingerprint density at radius 3 is 2.90 bits per heavy atom. The number of hydrogen-bond acceptors (Lipinski definition) is 3. The number of amides is 1. The third-order valence-electron chi connectivity index (χ3n) is 4.06. The number of carbonyl (C=O) groups excluding carboxylic acids is 1. The van der Waals surface area contributed by atoms with Crippen LogP contribution in [0.5, 0.6) is 11.5 Å². The zero-order valence-electron chi connectivity index (χ0n) is 11.2. The molecule has 20 heavy (non-hydrogen) atoms. The van der Waals surface area contributed by atoms with Gasteiger partial charge in [-0.25, -0.2) is 0 Å². The molecule has 0 bridgehead atoms. The fraction of sp³-hybridized carbons (Fsp3) is 0.533. The van der Waals surface area contributed by atoms with Gasteiger partial charge in [-0.05, 0) is 37.0 Å². The molecule has 1 fully saturated rings. The Hall–Kier alpha value is -1.42. The number of fused-ring (bicyclic) bond motifs is 1. The minimum atomic E-state index is -0.0645. The fourth-order valence-corrected chi connectivity index (χ4v) is 3.24. The van der Waals surface area contributed by atoms with Gasteiger partial charge >= 0.3 is 0 Å². The number of benzene rings is 1. The molecular formula is C15H18ClNO3. The van der Waals surface area contributed by atoms with Crippen molar-refractivity contribution < 1.29 is 14.3 Å². The van der Waals surface area contributed by atoms with Crippen molar-refractivity contribution in [2.24, 2.45) is 5.92 Å². The summed E-state index contributed by atoms with van der Waals surface area (Å²) < 4.78 is 10.5. The largest absolute Gasteiger partial charge is 0.454 e. The van der Waals surface area contributed by atoms with Gasteiger partial charge in [0.1, 0.15) is 0 Å². The zero-order valence-corrected chi connectivity index (χ0v) is 12.0. The minimum Gasteiger partial charge on any atom is -0.454 e. The van der Waals surface area contributed by atoms with E-state index < -0.39 is 0 Å². The van der Waals surface area contributed by atoms with E-state index in [1.54, 1.807) is 18.2 Å². The van der Waals surface area contributed by atoms with Gasteiger partial charge in [0.05, 0.1) is 0 Å². The van der Waals surface area contributed by atoms with Crippen LogP contribution in [0.25, 0.3) is 0 Å². The molecule has 1 heterocycles. The van der Waals surface area contributed by atoms with Crippen molar-refractivity contribution >= 4 is 17.5 Å². The lowest BCUT2D eigenvalue weighted by atomic mass is 9.85. The van der Waals surface area contributed by atoms with E-state index in [0.717, 1.165) is 19.3 Å². The van der Waals surface area contributed by atoms with Gasteiger partial charge in [0.2, 0.25) is 6.79 Å². The van der Waals surface area contributed by atoms with Crippen LogP contribution in [0.3, 0.4) is 0 Å². The first-order chi connectivity index (χ1) is 9.78. The maximum absolute atomic E-state index is 12.3. The van der Waals surface area contributed by atoms with Crippen LogP contribution in [0.4, 0.5) is 0 Å². The van der Waals surface area contributed by atoms with Crippen molar-refractivity contribution in [3.05, 3.63) is 23.8 Å². The first kappa shape index (κ1) is 13.6. The van der Waals surface area contributed by atoms with Gasteiger partial charge in [-0.15, -0.1) is 11.6 Å². The second kappa shape index (κ2) is 5.92. The minimum absolute atomic E-state index is 0.0645. The summed E-state index contributed by atoms with van der Waals surface area (Å²) in [6.07, 6.45) is 4.45. The molecule has 0 spiro atoms. The summed E-state index contributed by atoms with van der Waals surface area (Å²) in [7, 11) is 0. The molecule has 1 aromatic rings. The number of ether oxygens (including phenoxy) is 2. The van der Waals surface area contributed by atoms with Crippen LogP contribution in [0, 0.1) is 5.92 Å². The Kier molecular flexibility index (Phi) is 4.01. The molecule has 3 rings (SSSR count). The van der Waals surface area contributed by atoms with Gasteiger partial charge in [0.25, 0.3) is 5.91 Å². The molecule has 2 aliphatic rings. The monoisotopic (exact) mass is 295 g/mol. The average molecular weight is 296 g/mol. The van der Waals surface area contributed by atoms with Crippen molar-refractivity contribution in [2.45, 2.75) is 31.7 Å². The molecule has 2 atom stereocenters.